The van der Waals surface area contributed by atoms with E-state index in [4.69, 9.17) is 15.8 Å². The van der Waals surface area contributed by atoms with Crippen molar-refractivity contribution in [1.29, 1.82) is 0 Å². The molecular formula is C30H32GeN2O. The van der Waals surface area contributed by atoms with E-state index < -0.39 is 19.2 Å². The van der Waals surface area contributed by atoms with Crippen molar-refractivity contribution in [2.75, 3.05) is 0 Å². The van der Waals surface area contributed by atoms with Crippen LogP contribution in [0.2, 0.25) is 15.8 Å². The molecule has 5 rings (SSSR count). The molecule has 0 saturated carbocycles. The Balaban J connectivity index is 1.59. The van der Waals surface area contributed by atoms with Crippen LogP contribution in [0.4, 0.5) is 0 Å². The van der Waals surface area contributed by atoms with Gasteiger partial charge in [-0.3, -0.25) is 0 Å². The molecule has 34 heavy (non-hydrogen) atoms. The molecule has 1 unspecified atom stereocenters. The standard InChI is InChI=1S/C30H32GeN2O/c1-5-31(6-2,7-3)23-16-18-28(32-20-23)26-15-11-14-24-25-17-19-27(33-30(25)34-29(24)26)21(4)22-12-9-8-10-13-22/h8-21H,5-7H2,1-4H3/i21D. The third kappa shape index (κ3) is 3.86. The fraction of sp³-hybridized carbons (Fsp3) is 0.267. The van der Waals surface area contributed by atoms with Gasteiger partial charge in [-0.2, -0.15) is 0 Å². The number of aromatic nitrogens is 2. The van der Waals surface area contributed by atoms with Gasteiger partial charge in [0.1, 0.15) is 0 Å². The molecule has 2 aromatic carbocycles. The maximum atomic E-state index is 9.00. The van der Waals surface area contributed by atoms with Crippen molar-refractivity contribution in [3.63, 3.8) is 0 Å². The Hall–Kier alpha value is -2.92. The minimum absolute atomic E-state index is 0.563. The number of nitrogens with zero attached hydrogens (tertiary/aromatic N) is 2. The van der Waals surface area contributed by atoms with Crippen LogP contribution >= 0.6 is 0 Å². The maximum absolute atomic E-state index is 9.00. The normalized spacial score (nSPS) is 14.3. The molecule has 1 atom stereocenters. The summed E-state index contributed by atoms with van der Waals surface area (Å²) in [5.41, 5.74) is 4.84. The Bertz CT molecular complexity index is 1460. The second kappa shape index (κ2) is 9.38. The zero-order chi connectivity index (χ0) is 24.6. The van der Waals surface area contributed by atoms with Gasteiger partial charge in [0.25, 0.3) is 0 Å². The number of benzene rings is 2. The van der Waals surface area contributed by atoms with Crippen molar-refractivity contribution in [1.82, 2.24) is 9.97 Å². The monoisotopic (exact) mass is 511 g/mol. The van der Waals surface area contributed by atoms with Crippen molar-refractivity contribution in [2.45, 2.75) is 49.3 Å². The van der Waals surface area contributed by atoms with Gasteiger partial charge in [0.15, 0.2) is 0 Å². The quantitative estimate of drug-likeness (QED) is 0.209. The second-order valence-corrected chi connectivity index (χ2v) is 20.1. The predicted octanol–water partition coefficient (Wildman–Crippen LogP) is 7.91. The molecule has 0 aliphatic heterocycles. The second-order valence-electron chi connectivity index (χ2n) is 9.10. The van der Waals surface area contributed by atoms with E-state index in [9.17, 15) is 0 Å². The molecule has 0 radical (unpaired) electrons. The Morgan fingerprint density at radius 1 is 0.853 bits per heavy atom. The Morgan fingerprint density at radius 2 is 1.62 bits per heavy atom. The first kappa shape index (κ1) is 21.6. The molecule has 0 bridgehead atoms. The van der Waals surface area contributed by atoms with Crippen LogP contribution in [-0.4, -0.2) is 23.2 Å². The van der Waals surface area contributed by atoms with E-state index in [0.29, 0.717) is 11.4 Å². The van der Waals surface area contributed by atoms with Crippen molar-refractivity contribution in [3.05, 3.63) is 90.3 Å². The van der Waals surface area contributed by atoms with E-state index in [1.54, 1.807) is 0 Å². The first-order valence-electron chi connectivity index (χ1n) is 12.8. The molecule has 0 aliphatic rings. The zero-order valence-electron chi connectivity index (χ0n) is 21.4. The van der Waals surface area contributed by atoms with E-state index in [1.165, 1.54) is 20.2 Å². The third-order valence-electron chi connectivity index (χ3n) is 7.64. The van der Waals surface area contributed by atoms with Crippen LogP contribution in [0.1, 0.15) is 46.2 Å². The fourth-order valence-electron chi connectivity index (χ4n) is 5.15. The molecule has 3 aromatic heterocycles. The first-order valence-corrected chi connectivity index (χ1v) is 17.8. The molecule has 0 aliphatic carbocycles. The summed E-state index contributed by atoms with van der Waals surface area (Å²) in [4.78, 5) is 9.72. The molecule has 0 amide bonds. The molecular weight excluding hydrogens is 477 g/mol. The number of para-hydroxylation sites is 1. The van der Waals surface area contributed by atoms with Crippen LogP contribution < -0.4 is 4.40 Å². The number of fused-ring (bicyclic) bond motifs is 3. The molecule has 0 fully saturated rings. The van der Waals surface area contributed by atoms with Gasteiger partial charge in [0.05, 0.1) is 0 Å². The van der Waals surface area contributed by atoms with Gasteiger partial charge in [0.2, 0.25) is 0 Å². The molecule has 172 valence electrons. The Kier molecular flexibility index (Phi) is 5.96. The first-order chi connectivity index (χ1) is 16.9. The Morgan fingerprint density at radius 3 is 2.29 bits per heavy atom. The van der Waals surface area contributed by atoms with Crippen molar-refractivity contribution in [2.24, 2.45) is 0 Å². The molecule has 0 N–H and O–H groups in total. The Labute approximate surface area is 206 Å². The number of hydrogen-bond donors (Lipinski definition) is 0. The van der Waals surface area contributed by atoms with Crippen LogP contribution in [0.3, 0.4) is 0 Å². The van der Waals surface area contributed by atoms with Gasteiger partial charge in [0, 0.05) is 0 Å². The van der Waals surface area contributed by atoms with Gasteiger partial charge in [-0.25, -0.2) is 0 Å². The zero-order valence-corrected chi connectivity index (χ0v) is 22.5. The van der Waals surface area contributed by atoms with Crippen LogP contribution in [0, 0.1) is 0 Å². The van der Waals surface area contributed by atoms with E-state index in [2.05, 4.69) is 57.3 Å². The topological polar surface area (TPSA) is 38.9 Å². The third-order valence-corrected chi connectivity index (χ3v) is 19.3. The predicted molar refractivity (Wildman–Crippen MR) is 146 cm³/mol. The SMILES string of the molecule is [2H]C(C)(c1ccccc1)c1ccc2c(n1)oc1c(-c3cc[c]([Ge]([CH2]C)([CH2]C)[CH2]C)cn3)cccc12. The summed E-state index contributed by atoms with van der Waals surface area (Å²) >= 11 is -2.04. The molecule has 3 heterocycles. The molecule has 0 spiro atoms. The van der Waals surface area contributed by atoms with E-state index in [-0.39, 0.29) is 0 Å². The number of hydrogen-bond acceptors (Lipinski definition) is 3. The van der Waals surface area contributed by atoms with Crippen LogP contribution in [-0.2, 0) is 0 Å². The minimum atomic E-state index is -2.04. The summed E-state index contributed by atoms with van der Waals surface area (Å²) in [5.74, 6) is -0.968. The molecule has 3 nitrogen and oxygen atoms in total. The van der Waals surface area contributed by atoms with Gasteiger partial charge in [-0.1, -0.05) is 30.3 Å². The van der Waals surface area contributed by atoms with Crippen molar-refractivity contribution < 1.29 is 5.79 Å². The molecule has 5 aromatic rings. The van der Waals surface area contributed by atoms with Crippen LogP contribution in [0.25, 0.3) is 33.3 Å². The average molecular weight is 510 g/mol. The number of furan rings is 1. The summed E-state index contributed by atoms with van der Waals surface area (Å²) in [6.45, 7) is 8.91. The average Bonchev–Trinajstić information content (AvgIpc) is 3.29. The fourth-order valence-corrected chi connectivity index (χ4v) is 12.5. The van der Waals surface area contributed by atoms with E-state index >= 15 is 0 Å². The summed E-state index contributed by atoms with van der Waals surface area (Å²) in [7, 11) is 0. The molecule has 0 saturated heterocycles. The molecule has 4 heteroatoms. The van der Waals surface area contributed by atoms with Crippen LogP contribution in [0.15, 0.2) is 83.4 Å². The summed E-state index contributed by atoms with van der Waals surface area (Å²) in [5, 5.41) is 5.86. The van der Waals surface area contributed by atoms with E-state index in [0.717, 1.165) is 33.2 Å². The van der Waals surface area contributed by atoms with Gasteiger partial charge in [-0.15, -0.1) is 0 Å². The van der Waals surface area contributed by atoms with Gasteiger partial charge >= 0.3 is 176 Å². The van der Waals surface area contributed by atoms with Gasteiger partial charge in [-0.05, 0) is 0 Å². The van der Waals surface area contributed by atoms with E-state index in [1.807, 2.05) is 49.4 Å². The number of pyridine rings is 2. The summed E-state index contributed by atoms with van der Waals surface area (Å²) in [6.07, 6.45) is 2.12. The summed E-state index contributed by atoms with van der Waals surface area (Å²) < 4.78 is 16.8. The summed E-state index contributed by atoms with van der Waals surface area (Å²) in [6, 6.07) is 24.5. The number of rotatable bonds is 7. The van der Waals surface area contributed by atoms with Gasteiger partial charge < -0.3 is 0 Å². The van der Waals surface area contributed by atoms with Crippen molar-refractivity contribution >= 4 is 39.7 Å². The van der Waals surface area contributed by atoms with Crippen LogP contribution in [0.5, 0.6) is 0 Å². The van der Waals surface area contributed by atoms with Crippen molar-refractivity contribution in [3.8, 4) is 11.3 Å².